The van der Waals surface area contributed by atoms with Crippen molar-refractivity contribution >= 4 is 23.2 Å². The summed E-state index contributed by atoms with van der Waals surface area (Å²) in [6.45, 7) is 7.88. The normalized spacial score (nSPS) is 14.7. The molecule has 0 bridgehead atoms. The van der Waals surface area contributed by atoms with Gasteiger partial charge in [-0.3, -0.25) is 9.59 Å². The van der Waals surface area contributed by atoms with Crippen molar-refractivity contribution < 1.29 is 14.3 Å². The van der Waals surface area contributed by atoms with Crippen molar-refractivity contribution in [2.75, 3.05) is 30.4 Å². The average molecular weight is 458 g/mol. The van der Waals surface area contributed by atoms with Crippen molar-refractivity contribution in [3.63, 3.8) is 0 Å². The van der Waals surface area contributed by atoms with Crippen molar-refractivity contribution in [3.05, 3.63) is 94.5 Å². The van der Waals surface area contributed by atoms with Crippen LogP contribution in [0.5, 0.6) is 0 Å². The Kier molecular flexibility index (Phi) is 7.28. The molecule has 1 aliphatic heterocycles. The van der Waals surface area contributed by atoms with Gasteiger partial charge in [-0.25, -0.2) is 0 Å². The van der Waals surface area contributed by atoms with Crippen LogP contribution in [0.3, 0.4) is 0 Å². The summed E-state index contributed by atoms with van der Waals surface area (Å²) in [6.07, 6.45) is 0.452. The Morgan fingerprint density at radius 3 is 2.59 bits per heavy atom. The van der Waals surface area contributed by atoms with Gasteiger partial charge in [0.2, 0.25) is 0 Å². The van der Waals surface area contributed by atoms with Gasteiger partial charge in [-0.2, -0.15) is 0 Å². The van der Waals surface area contributed by atoms with E-state index < -0.39 is 0 Å². The summed E-state index contributed by atoms with van der Waals surface area (Å²) < 4.78 is 5.46. The molecule has 0 spiro atoms. The molecule has 1 atom stereocenters. The predicted molar refractivity (Wildman–Crippen MR) is 135 cm³/mol. The molecule has 176 valence electrons. The molecule has 0 saturated heterocycles. The zero-order chi connectivity index (χ0) is 24.1. The fourth-order valence-electron chi connectivity index (χ4n) is 4.17. The minimum absolute atomic E-state index is 0.00763. The molecule has 3 aromatic rings. The maximum atomic E-state index is 13.1. The average Bonchev–Trinajstić information content (AvgIpc) is 3.10. The number of aryl methyl sites for hydroxylation is 2. The number of anilines is 2. The molecule has 2 N–H and O–H groups in total. The van der Waals surface area contributed by atoms with Crippen LogP contribution in [0.4, 0.5) is 11.4 Å². The molecule has 0 aliphatic carbocycles. The van der Waals surface area contributed by atoms with Crippen molar-refractivity contribution in [3.8, 4) is 0 Å². The van der Waals surface area contributed by atoms with Gasteiger partial charge >= 0.3 is 0 Å². The van der Waals surface area contributed by atoms with Gasteiger partial charge in [-0.15, -0.1) is 0 Å². The first-order chi connectivity index (χ1) is 16.5. The lowest BCUT2D eigenvalue weighted by atomic mass is 10.1. The molecule has 2 amide bonds. The Hall–Kier alpha value is -3.64. The summed E-state index contributed by atoms with van der Waals surface area (Å²) in [7, 11) is 0. The molecule has 1 unspecified atom stereocenters. The number of hydrogen-bond donors (Lipinski definition) is 2. The van der Waals surface area contributed by atoms with Crippen LogP contribution < -0.4 is 10.6 Å². The van der Waals surface area contributed by atoms with Crippen molar-refractivity contribution in [2.45, 2.75) is 33.4 Å². The molecule has 6 heteroatoms. The van der Waals surface area contributed by atoms with Crippen LogP contribution in [-0.4, -0.2) is 36.5 Å². The lowest BCUT2D eigenvalue weighted by Crippen LogP contribution is -2.33. The fraction of sp³-hybridized carbons (Fsp3) is 0.286. The molecule has 6 nitrogen and oxygen atoms in total. The first-order valence-corrected chi connectivity index (χ1v) is 11.7. The van der Waals surface area contributed by atoms with Crippen molar-refractivity contribution in [2.24, 2.45) is 0 Å². The van der Waals surface area contributed by atoms with E-state index >= 15 is 0 Å². The highest BCUT2D eigenvalue weighted by molar-refractivity contribution is 6.05. The molecular weight excluding hydrogens is 426 g/mol. The first kappa shape index (κ1) is 23.5. The minimum Gasteiger partial charge on any atom is -0.382 e. The highest BCUT2D eigenvalue weighted by atomic mass is 16.5. The third-order valence-electron chi connectivity index (χ3n) is 6.14. The van der Waals surface area contributed by atoms with E-state index in [2.05, 4.69) is 10.6 Å². The monoisotopic (exact) mass is 457 g/mol. The van der Waals surface area contributed by atoms with Gasteiger partial charge in [0.15, 0.2) is 0 Å². The van der Waals surface area contributed by atoms with Gasteiger partial charge in [-0.1, -0.05) is 30.3 Å². The van der Waals surface area contributed by atoms with E-state index in [1.807, 2.05) is 86.3 Å². The van der Waals surface area contributed by atoms with Crippen molar-refractivity contribution in [1.29, 1.82) is 0 Å². The molecule has 34 heavy (non-hydrogen) atoms. The number of carbonyl (C=O) groups is 2. The number of nitrogens with zero attached hydrogens (tertiary/aromatic N) is 1. The van der Waals surface area contributed by atoms with Gasteiger partial charge in [0.25, 0.3) is 11.8 Å². The Balaban J connectivity index is 1.52. The Morgan fingerprint density at radius 2 is 1.79 bits per heavy atom. The molecule has 0 radical (unpaired) electrons. The molecular formula is C28H31N3O3. The number of rotatable bonds is 9. The summed E-state index contributed by atoms with van der Waals surface area (Å²) >= 11 is 0. The van der Waals surface area contributed by atoms with Gasteiger partial charge in [0.1, 0.15) is 6.17 Å². The zero-order valence-electron chi connectivity index (χ0n) is 19.9. The van der Waals surface area contributed by atoms with E-state index in [0.29, 0.717) is 30.9 Å². The van der Waals surface area contributed by atoms with Gasteiger partial charge in [-0.05, 0) is 74.7 Å². The van der Waals surface area contributed by atoms with Crippen LogP contribution >= 0.6 is 0 Å². The standard InChI is InChI=1S/C28H31N3O3/c1-4-34-16-8-15-31-26(24-11-5-6-12-25(24)28(31)33)29-22-10-7-9-21(18-22)27(32)30-23-14-13-19(2)20(3)17-23/h5-7,9-14,17-18,26,29H,4,8,15-16H2,1-3H3,(H,30,32). The molecule has 3 aromatic carbocycles. The number of nitrogens with one attached hydrogen (secondary N) is 2. The lowest BCUT2D eigenvalue weighted by molar-refractivity contribution is 0.0708. The fourth-order valence-corrected chi connectivity index (χ4v) is 4.17. The largest absolute Gasteiger partial charge is 0.382 e. The summed E-state index contributed by atoms with van der Waals surface area (Å²) in [5, 5.41) is 6.45. The molecule has 0 saturated carbocycles. The Bertz CT molecular complexity index is 1190. The Labute approximate surface area is 200 Å². The number of fused-ring (bicyclic) bond motifs is 1. The van der Waals surface area contributed by atoms with Gasteiger partial charge in [0.05, 0.1) is 0 Å². The van der Waals surface area contributed by atoms with E-state index in [-0.39, 0.29) is 18.0 Å². The number of benzene rings is 3. The van der Waals surface area contributed by atoms with Crippen molar-refractivity contribution in [1.82, 2.24) is 4.90 Å². The van der Waals surface area contributed by atoms with E-state index in [1.165, 1.54) is 5.56 Å². The van der Waals surface area contributed by atoms with E-state index in [1.54, 1.807) is 6.07 Å². The predicted octanol–water partition coefficient (Wildman–Crippen LogP) is 5.55. The lowest BCUT2D eigenvalue weighted by Gasteiger charge is -2.27. The summed E-state index contributed by atoms with van der Waals surface area (Å²) in [6, 6.07) is 20.9. The molecule has 1 heterocycles. The maximum absolute atomic E-state index is 13.1. The maximum Gasteiger partial charge on any atom is 0.256 e. The summed E-state index contributed by atoms with van der Waals surface area (Å²) in [5.41, 5.74) is 6.04. The smallest absolute Gasteiger partial charge is 0.256 e. The number of ether oxygens (including phenoxy) is 1. The second-order valence-corrected chi connectivity index (χ2v) is 8.52. The number of carbonyl (C=O) groups excluding carboxylic acids is 2. The van der Waals surface area contributed by atoms with E-state index in [9.17, 15) is 9.59 Å². The van der Waals surface area contributed by atoms with E-state index in [0.717, 1.165) is 28.9 Å². The summed E-state index contributed by atoms with van der Waals surface area (Å²) in [5.74, 6) is -0.170. The quantitative estimate of drug-likeness (QED) is 0.414. The topological polar surface area (TPSA) is 70.7 Å². The van der Waals surface area contributed by atoms with Crippen LogP contribution in [0.2, 0.25) is 0 Å². The molecule has 1 aliphatic rings. The number of hydrogen-bond acceptors (Lipinski definition) is 4. The van der Waals surface area contributed by atoms with Crippen LogP contribution in [0.15, 0.2) is 66.7 Å². The van der Waals surface area contributed by atoms with Gasteiger partial charge in [0, 0.05) is 47.8 Å². The molecule has 0 aromatic heterocycles. The first-order valence-electron chi connectivity index (χ1n) is 11.7. The van der Waals surface area contributed by atoms with Gasteiger partial charge < -0.3 is 20.3 Å². The summed E-state index contributed by atoms with van der Waals surface area (Å²) in [4.78, 5) is 27.8. The third-order valence-corrected chi connectivity index (χ3v) is 6.14. The zero-order valence-corrected chi connectivity index (χ0v) is 19.9. The SMILES string of the molecule is CCOCCCN1C(=O)c2ccccc2C1Nc1cccc(C(=O)Nc2ccc(C)c(C)c2)c1. The van der Waals surface area contributed by atoms with Crippen LogP contribution in [0.1, 0.15) is 56.9 Å². The molecule has 4 rings (SSSR count). The van der Waals surface area contributed by atoms with Crippen LogP contribution in [0, 0.1) is 13.8 Å². The number of amides is 2. The molecule has 0 fully saturated rings. The highest BCUT2D eigenvalue weighted by Gasteiger charge is 2.36. The van der Waals surface area contributed by atoms with E-state index in [4.69, 9.17) is 4.74 Å². The second kappa shape index (κ2) is 10.5. The highest BCUT2D eigenvalue weighted by Crippen LogP contribution is 2.34. The minimum atomic E-state index is -0.302. The second-order valence-electron chi connectivity index (χ2n) is 8.52. The Morgan fingerprint density at radius 1 is 0.971 bits per heavy atom. The third kappa shape index (κ3) is 5.13. The van der Waals surface area contributed by atoms with Crippen LogP contribution in [-0.2, 0) is 4.74 Å². The van der Waals surface area contributed by atoms with Crippen LogP contribution in [0.25, 0.3) is 0 Å².